The van der Waals surface area contributed by atoms with Crippen molar-refractivity contribution < 1.29 is 9.59 Å². The highest BCUT2D eigenvalue weighted by Crippen LogP contribution is 2.02. The molecule has 0 saturated heterocycles. The van der Waals surface area contributed by atoms with Crippen molar-refractivity contribution in [2.45, 2.75) is 26.4 Å². The Kier molecular flexibility index (Phi) is 5.32. The molecule has 1 atom stereocenters. The van der Waals surface area contributed by atoms with Gasteiger partial charge in [0.05, 0.1) is 6.04 Å². The van der Waals surface area contributed by atoms with Gasteiger partial charge in [-0.25, -0.2) is 4.79 Å². The second kappa shape index (κ2) is 6.76. The molecule has 98 valence electrons. The SMILES string of the molecule is CNC(=O)NC(=O)C(C)NCc1ccc(C)cc1. The number of benzene rings is 1. The average molecular weight is 249 g/mol. The molecular formula is C13H19N3O2. The summed E-state index contributed by atoms with van der Waals surface area (Å²) in [6.45, 7) is 4.33. The van der Waals surface area contributed by atoms with E-state index in [0.717, 1.165) is 5.56 Å². The monoisotopic (exact) mass is 249 g/mol. The van der Waals surface area contributed by atoms with Gasteiger partial charge >= 0.3 is 6.03 Å². The molecule has 0 aliphatic heterocycles. The first-order valence-electron chi connectivity index (χ1n) is 5.84. The van der Waals surface area contributed by atoms with Crippen LogP contribution < -0.4 is 16.0 Å². The third-order valence-corrected chi connectivity index (χ3v) is 2.59. The Morgan fingerprint density at radius 3 is 2.39 bits per heavy atom. The number of aryl methyl sites for hydroxylation is 1. The first-order valence-corrected chi connectivity index (χ1v) is 5.84. The largest absolute Gasteiger partial charge is 0.341 e. The van der Waals surface area contributed by atoms with Gasteiger partial charge in [-0.1, -0.05) is 29.8 Å². The van der Waals surface area contributed by atoms with E-state index in [1.807, 2.05) is 31.2 Å². The molecule has 0 bridgehead atoms. The van der Waals surface area contributed by atoms with Crippen LogP contribution in [0.25, 0.3) is 0 Å². The third kappa shape index (κ3) is 4.55. The molecule has 1 unspecified atom stereocenters. The van der Waals surface area contributed by atoms with Gasteiger partial charge in [0.2, 0.25) is 5.91 Å². The normalized spacial score (nSPS) is 11.7. The molecule has 0 spiro atoms. The maximum Gasteiger partial charge on any atom is 0.321 e. The lowest BCUT2D eigenvalue weighted by molar-refractivity contribution is -0.121. The molecule has 0 radical (unpaired) electrons. The van der Waals surface area contributed by atoms with Crippen LogP contribution in [0.5, 0.6) is 0 Å². The van der Waals surface area contributed by atoms with E-state index in [9.17, 15) is 9.59 Å². The average Bonchev–Trinajstić information content (AvgIpc) is 2.37. The Morgan fingerprint density at radius 1 is 1.22 bits per heavy atom. The molecule has 0 aliphatic carbocycles. The van der Waals surface area contributed by atoms with Crippen LogP contribution in [-0.4, -0.2) is 25.0 Å². The topological polar surface area (TPSA) is 70.2 Å². The van der Waals surface area contributed by atoms with Crippen molar-refractivity contribution in [1.29, 1.82) is 0 Å². The van der Waals surface area contributed by atoms with E-state index in [4.69, 9.17) is 0 Å². The van der Waals surface area contributed by atoms with Gasteiger partial charge in [-0.05, 0) is 19.4 Å². The Hall–Kier alpha value is -1.88. The van der Waals surface area contributed by atoms with E-state index in [2.05, 4.69) is 16.0 Å². The highest BCUT2D eigenvalue weighted by molar-refractivity contribution is 5.96. The zero-order chi connectivity index (χ0) is 13.5. The minimum absolute atomic E-state index is 0.346. The standard InChI is InChI=1S/C13H19N3O2/c1-9-4-6-11(7-5-9)8-15-10(2)12(17)16-13(18)14-3/h4-7,10,15H,8H2,1-3H3,(H2,14,16,17,18). The summed E-state index contributed by atoms with van der Waals surface area (Å²) in [5, 5.41) is 7.61. The minimum Gasteiger partial charge on any atom is -0.341 e. The second-order valence-corrected chi connectivity index (χ2v) is 4.16. The highest BCUT2D eigenvalue weighted by Gasteiger charge is 2.14. The Labute approximate surface area is 107 Å². The maximum absolute atomic E-state index is 11.6. The van der Waals surface area contributed by atoms with Crippen LogP contribution in [-0.2, 0) is 11.3 Å². The van der Waals surface area contributed by atoms with Crippen molar-refractivity contribution >= 4 is 11.9 Å². The lowest BCUT2D eigenvalue weighted by Gasteiger charge is -2.13. The summed E-state index contributed by atoms with van der Waals surface area (Å²) in [5.41, 5.74) is 2.30. The number of rotatable bonds is 4. The summed E-state index contributed by atoms with van der Waals surface area (Å²) < 4.78 is 0. The third-order valence-electron chi connectivity index (χ3n) is 2.59. The molecule has 3 N–H and O–H groups in total. The smallest absolute Gasteiger partial charge is 0.321 e. The van der Waals surface area contributed by atoms with E-state index in [1.54, 1.807) is 6.92 Å². The van der Waals surface area contributed by atoms with Gasteiger partial charge in [0, 0.05) is 13.6 Å². The lowest BCUT2D eigenvalue weighted by atomic mass is 10.1. The lowest BCUT2D eigenvalue weighted by Crippen LogP contribution is -2.47. The van der Waals surface area contributed by atoms with Gasteiger partial charge < -0.3 is 10.6 Å². The van der Waals surface area contributed by atoms with Crippen molar-refractivity contribution in [3.8, 4) is 0 Å². The number of hydrogen-bond donors (Lipinski definition) is 3. The first kappa shape index (κ1) is 14.2. The molecule has 3 amide bonds. The van der Waals surface area contributed by atoms with Crippen LogP contribution in [0.1, 0.15) is 18.1 Å². The summed E-state index contributed by atoms with van der Waals surface area (Å²) in [6.07, 6.45) is 0. The quantitative estimate of drug-likeness (QED) is 0.743. The summed E-state index contributed by atoms with van der Waals surface area (Å²) in [7, 11) is 1.47. The summed E-state index contributed by atoms with van der Waals surface area (Å²) in [5.74, 6) is -0.346. The van der Waals surface area contributed by atoms with Crippen molar-refractivity contribution in [3.63, 3.8) is 0 Å². The number of nitrogens with one attached hydrogen (secondary N) is 3. The van der Waals surface area contributed by atoms with Gasteiger partial charge in [0.25, 0.3) is 0 Å². The molecule has 1 rings (SSSR count). The number of urea groups is 1. The molecule has 5 nitrogen and oxygen atoms in total. The van der Waals surface area contributed by atoms with E-state index in [-0.39, 0.29) is 5.91 Å². The predicted molar refractivity (Wildman–Crippen MR) is 70.1 cm³/mol. The fraction of sp³-hybridized carbons (Fsp3) is 0.385. The van der Waals surface area contributed by atoms with Crippen molar-refractivity contribution in [2.24, 2.45) is 0 Å². The number of imide groups is 1. The molecule has 18 heavy (non-hydrogen) atoms. The minimum atomic E-state index is -0.496. The Bertz CT molecular complexity index is 415. The fourth-order valence-electron chi connectivity index (χ4n) is 1.35. The molecule has 0 heterocycles. The number of hydrogen-bond acceptors (Lipinski definition) is 3. The first-order chi connectivity index (χ1) is 8.52. The van der Waals surface area contributed by atoms with E-state index in [0.29, 0.717) is 6.54 Å². The molecule has 0 saturated carbocycles. The van der Waals surface area contributed by atoms with Crippen LogP contribution >= 0.6 is 0 Å². The number of carbonyl (C=O) groups is 2. The predicted octanol–water partition coefficient (Wildman–Crippen LogP) is 0.929. The zero-order valence-electron chi connectivity index (χ0n) is 10.9. The maximum atomic E-state index is 11.6. The van der Waals surface area contributed by atoms with Crippen molar-refractivity contribution in [1.82, 2.24) is 16.0 Å². The van der Waals surface area contributed by atoms with Crippen molar-refractivity contribution in [2.75, 3.05) is 7.05 Å². The highest BCUT2D eigenvalue weighted by atomic mass is 16.2. The molecule has 0 aliphatic rings. The van der Waals surface area contributed by atoms with Gasteiger partial charge in [-0.15, -0.1) is 0 Å². The van der Waals surface area contributed by atoms with E-state index in [1.165, 1.54) is 12.6 Å². The molecule has 5 heteroatoms. The summed E-state index contributed by atoms with van der Waals surface area (Å²) >= 11 is 0. The summed E-state index contributed by atoms with van der Waals surface area (Å²) in [4.78, 5) is 22.5. The van der Waals surface area contributed by atoms with Crippen LogP contribution in [0.2, 0.25) is 0 Å². The van der Waals surface area contributed by atoms with Gasteiger partial charge in [0.15, 0.2) is 0 Å². The van der Waals surface area contributed by atoms with Gasteiger partial charge in [-0.3, -0.25) is 10.1 Å². The van der Waals surface area contributed by atoms with Crippen LogP contribution in [0.3, 0.4) is 0 Å². The van der Waals surface area contributed by atoms with E-state index < -0.39 is 12.1 Å². The van der Waals surface area contributed by atoms with Crippen LogP contribution in [0.15, 0.2) is 24.3 Å². The molecule has 0 fully saturated rings. The van der Waals surface area contributed by atoms with E-state index >= 15 is 0 Å². The molecular weight excluding hydrogens is 230 g/mol. The second-order valence-electron chi connectivity index (χ2n) is 4.16. The van der Waals surface area contributed by atoms with Crippen LogP contribution in [0, 0.1) is 6.92 Å². The molecule has 1 aromatic rings. The Morgan fingerprint density at radius 2 is 1.83 bits per heavy atom. The Balaban J connectivity index is 2.40. The zero-order valence-corrected chi connectivity index (χ0v) is 10.9. The fourth-order valence-corrected chi connectivity index (χ4v) is 1.35. The van der Waals surface area contributed by atoms with Crippen LogP contribution in [0.4, 0.5) is 4.79 Å². The summed E-state index contributed by atoms with van der Waals surface area (Å²) in [6, 6.07) is 7.13. The van der Waals surface area contributed by atoms with Crippen molar-refractivity contribution in [3.05, 3.63) is 35.4 Å². The van der Waals surface area contributed by atoms with Gasteiger partial charge in [0.1, 0.15) is 0 Å². The molecule has 1 aromatic carbocycles. The number of carbonyl (C=O) groups excluding carboxylic acids is 2. The van der Waals surface area contributed by atoms with Gasteiger partial charge in [-0.2, -0.15) is 0 Å². The molecule has 0 aromatic heterocycles. The number of amides is 3.